The van der Waals surface area contributed by atoms with Crippen molar-refractivity contribution in [3.63, 3.8) is 0 Å². The third kappa shape index (κ3) is 5.41. The zero-order valence-corrected chi connectivity index (χ0v) is 19.4. The van der Waals surface area contributed by atoms with Crippen LogP contribution in [0.2, 0.25) is 5.02 Å². The number of methoxy groups -OCH3 is 1. The SMILES string of the molecule is CC[C@@H](NC(=O)CN(c1ccccc1Cl)S(=O)(=O)c1ccccc1)c1ccc(OC)cc1. The number of nitrogens with zero attached hydrogens (tertiary/aromatic N) is 1. The Labute approximate surface area is 193 Å². The van der Waals surface area contributed by atoms with Crippen LogP contribution in [-0.2, 0) is 14.8 Å². The second-order valence-electron chi connectivity index (χ2n) is 7.08. The van der Waals surface area contributed by atoms with Crippen LogP contribution in [0.25, 0.3) is 0 Å². The van der Waals surface area contributed by atoms with Crippen molar-refractivity contribution in [1.82, 2.24) is 5.32 Å². The van der Waals surface area contributed by atoms with Crippen molar-refractivity contribution in [2.45, 2.75) is 24.3 Å². The summed E-state index contributed by atoms with van der Waals surface area (Å²) in [5.74, 6) is 0.279. The summed E-state index contributed by atoms with van der Waals surface area (Å²) in [6.45, 7) is 1.54. The molecule has 8 heteroatoms. The van der Waals surface area contributed by atoms with Crippen molar-refractivity contribution in [2.75, 3.05) is 18.0 Å². The van der Waals surface area contributed by atoms with Crippen molar-refractivity contribution in [2.24, 2.45) is 0 Å². The largest absolute Gasteiger partial charge is 0.497 e. The van der Waals surface area contributed by atoms with E-state index >= 15 is 0 Å². The van der Waals surface area contributed by atoms with Crippen LogP contribution in [0, 0.1) is 0 Å². The minimum Gasteiger partial charge on any atom is -0.497 e. The van der Waals surface area contributed by atoms with Gasteiger partial charge in [0, 0.05) is 0 Å². The molecule has 168 valence electrons. The molecule has 3 aromatic rings. The van der Waals surface area contributed by atoms with E-state index in [0.717, 1.165) is 9.87 Å². The van der Waals surface area contributed by atoms with Crippen LogP contribution in [0.15, 0.2) is 83.8 Å². The molecule has 0 aromatic heterocycles. The van der Waals surface area contributed by atoms with Crippen LogP contribution in [0.4, 0.5) is 5.69 Å². The lowest BCUT2D eigenvalue weighted by Gasteiger charge is -2.26. The molecule has 0 aliphatic carbocycles. The molecule has 0 aliphatic rings. The Morgan fingerprint density at radius 1 is 1.00 bits per heavy atom. The van der Waals surface area contributed by atoms with Gasteiger partial charge in [-0.05, 0) is 48.4 Å². The molecule has 0 saturated carbocycles. The van der Waals surface area contributed by atoms with E-state index in [0.29, 0.717) is 12.2 Å². The van der Waals surface area contributed by atoms with Crippen LogP contribution in [0.1, 0.15) is 24.9 Å². The van der Waals surface area contributed by atoms with E-state index in [4.69, 9.17) is 16.3 Å². The average molecular weight is 473 g/mol. The van der Waals surface area contributed by atoms with Gasteiger partial charge in [0.05, 0.1) is 28.8 Å². The highest BCUT2D eigenvalue weighted by atomic mass is 35.5. The lowest BCUT2D eigenvalue weighted by Crippen LogP contribution is -2.42. The first-order valence-electron chi connectivity index (χ1n) is 10.1. The molecular formula is C24H25ClN2O4S. The molecule has 0 aliphatic heterocycles. The number of nitrogens with one attached hydrogen (secondary N) is 1. The summed E-state index contributed by atoms with van der Waals surface area (Å²) in [6, 6.07) is 21.6. The van der Waals surface area contributed by atoms with Crippen molar-refractivity contribution < 1.29 is 17.9 Å². The Balaban J connectivity index is 1.89. The number of anilines is 1. The van der Waals surface area contributed by atoms with Crippen LogP contribution in [0.3, 0.4) is 0 Å². The first-order valence-corrected chi connectivity index (χ1v) is 11.9. The molecule has 0 saturated heterocycles. The van der Waals surface area contributed by atoms with E-state index in [-0.39, 0.29) is 21.6 Å². The van der Waals surface area contributed by atoms with Gasteiger partial charge in [0.25, 0.3) is 10.0 Å². The predicted molar refractivity (Wildman–Crippen MR) is 127 cm³/mol. The molecular weight excluding hydrogens is 448 g/mol. The third-order valence-electron chi connectivity index (χ3n) is 5.00. The monoisotopic (exact) mass is 472 g/mol. The number of para-hydroxylation sites is 1. The number of benzene rings is 3. The van der Waals surface area contributed by atoms with Crippen molar-refractivity contribution in [3.05, 3.63) is 89.4 Å². The Bertz CT molecular complexity index is 1150. The third-order valence-corrected chi connectivity index (χ3v) is 7.09. The summed E-state index contributed by atoms with van der Waals surface area (Å²) < 4.78 is 33.0. The summed E-state index contributed by atoms with van der Waals surface area (Å²) in [4.78, 5) is 13.1. The lowest BCUT2D eigenvalue weighted by molar-refractivity contribution is -0.120. The van der Waals surface area contributed by atoms with Crippen LogP contribution >= 0.6 is 11.6 Å². The summed E-state index contributed by atoms with van der Waals surface area (Å²) >= 11 is 6.30. The highest BCUT2D eigenvalue weighted by molar-refractivity contribution is 7.92. The van der Waals surface area contributed by atoms with Crippen molar-refractivity contribution >= 4 is 33.2 Å². The lowest BCUT2D eigenvalue weighted by atomic mass is 10.0. The molecule has 3 aromatic carbocycles. The van der Waals surface area contributed by atoms with Gasteiger partial charge in [0.1, 0.15) is 12.3 Å². The van der Waals surface area contributed by atoms with Gasteiger partial charge >= 0.3 is 0 Å². The maximum Gasteiger partial charge on any atom is 0.264 e. The van der Waals surface area contributed by atoms with E-state index in [2.05, 4.69) is 5.32 Å². The number of rotatable bonds is 9. The molecule has 0 spiro atoms. The van der Waals surface area contributed by atoms with Gasteiger partial charge in [-0.3, -0.25) is 9.10 Å². The number of carbonyl (C=O) groups is 1. The van der Waals surface area contributed by atoms with Gasteiger partial charge in [-0.15, -0.1) is 0 Å². The maximum absolute atomic E-state index is 13.4. The molecule has 0 fully saturated rings. The normalized spacial score (nSPS) is 12.1. The summed E-state index contributed by atoms with van der Waals surface area (Å²) in [7, 11) is -2.43. The predicted octanol–water partition coefficient (Wildman–Crippen LogP) is 4.81. The smallest absolute Gasteiger partial charge is 0.264 e. The molecule has 1 atom stereocenters. The fourth-order valence-electron chi connectivity index (χ4n) is 3.30. The van der Waals surface area contributed by atoms with Gasteiger partial charge in [0.2, 0.25) is 5.91 Å². The fraction of sp³-hybridized carbons (Fsp3) is 0.208. The minimum atomic E-state index is -4.02. The van der Waals surface area contributed by atoms with Gasteiger partial charge in [-0.25, -0.2) is 8.42 Å². The Kier molecular flexibility index (Phi) is 7.77. The van der Waals surface area contributed by atoms with E-state index < -0.39 is 22.5 Å². The molecule has 32 heavy (non-hydrogen) atoms. The van der Waals surface area contributed by atoms with Crippen molar-refractivity contribution in [3.8, 4) is 5.75 Å². The van der Waals surface area contributed by atoms with E-state index in [1.54, 1.807) is 49.6 Å². The van der Waals surface area contributed by atoms with Gasteiger partial charge in [-0.2, -0.15) is 0 Å². The van der Waals surface area contributed by atoms with Crippen LogP contribution in [0.5, 0.6) is 5.75 Å². The number of carbonyl (C=O) groups excluding carboxylic acids is 1. The minimum absolute atomic E-state index is 0.0786. The number of sulfonamides is 1. The first-order chi connectivity index (χ1) is 15.4. The molecule has 0 bridgehead atoms. The summed E-state index contributed by atoms with van der Waals surface area (Å²) in [5.41, 5.74) is 1.14. The van der Waals surface area contributed by atoms with Crippen molar-refractivity contribution in [1.29, 1.82) is 0 Å². The Morgan fingerprint density at radius 2 is 1.62 bits per heavy atom. The number of amides is 1. The quantitative estimate of drug-likeness (QED) is 0.484. The summed E-state index contributed by atoms with van der Waals surface area (Å²) in [5, 5.41) is 3.17. The Hall–Kier alpha value is -3.03. The second-order valence-corrected chi connectivity index (χ2v) is 9.35. The Morgan fingerprint density at radius 3 is 2.22 bits per heavy atom. The molecule has 0 heterocycles. The van der Waals surface area contributed by atoms with Gasteiger partial charge < -0.3 is 10.1 Å². The molecule has 1 N–H and O–H groups in total. The highest BCUT2D eigenvalue weighted by Crippen LogP contribution is 2.30. The van der Waals surface area contributed by atoms with Crippen LogP contribution < -0.4 is 14.4 Å². The average Bonchev–Trinajstić information content (AvgIpc) is 2.82. The van der Waals surface area contributed by atoms with E-state index in [1.165, 1.54) is 12.1 Å². The van der Waals surface area contributed by atoms with E-state index in [9.17, 15) is 13.2 Å². The van der Waals surface area contributed by atoms with Gasteiger partial charge in [-0.1, -0.05) is 61.0 Å². The zero-order chi connectivity index (χ0) is 23.1. The van der Waals surface area contributed by atoms with Gasteiger partial charge in [0.15, 0.2) is 0 Å². The highest BCUT2D eigenvalue weighted by Gasteiger charge is 2.29. The van der Waals surface area contributed by atoms with Crippen LogP contribution in [-0.4, -0.2) is 28.0 Å². The first kappa shape index (κ1) is 23.6. The fourth-order valence-corrected chi connectivity index (χ4v) is 5.05. The second kappa shape index (κ2) is 10.5. The number of ether oxygens (including phenoxy) is 1. The molecule has 6 nitrogen and oxygen atoms in total. The molecule has 1 amide bonds. The number of halogens is 1. The van der Waals surface area contributed by atoms with E-state index in [1.807, 2.05) is 31.2 Å². The molecule has 0 unspecified atom stereocenters. The zero-order valence-electron chi connectivity index (χ0n) is 17.9. The topological polar surface area (TPSA) is 75.7 Å². The number of hydrogen-bond donors (Lipinski definition) is 1. The molecule has 0 radical (unpaired) electrons. The number of hydrogen-bond acceptors (Lipinski definition) is 4. The maximum atomic E-state index is 13.4. The summed E-state index contributed by atoms with van der Waals surface area (Å²) in [6.07, 6.45) is 0.635. The molecule has 3 rings (SSSR count). The standard InChI is InChI=1S/C24H25ClN2O4S/c1-3-22(18-13-15-19(31-2)16-14-18)26-24(28)17-27(23-12-8-7-11-21(23)25)32(29,30)20-9-5-4-6-10-20/h4-16,22H,3,17H2,1-2H3,(H,26,28)/t22-/m1/s1.